The lowest BCUT2D eigenvalue weighted by Gasteiger charge is -2.60. The highest BCUT2D eigenvalue weighted by molar-refractivity contribution is 5.79. The van der Waals surface area contributed by atoms with Crippen molar-refractivity contribution in [2.75, 3.05) is 27.5 Å². The topological polar surface area (TPSA) is 134 Å². The number of nitrogens with zero attached hydrogens (tertiary/aromatic N) is 3. The average molecular weight is 639 g/mol. The number of esters is 1. The van der Waals surface area contributed by atoms with Crippen LogP contribution in [0.3, 0.4) is 0 Å². The highest BCUT2D eigenvalue weighted by Crippen LogP contribution is 2.58. The van der Waals surface area contributed by atoms with Crippen LogP contribution in [-0.4, -0.2) is 72.4 Å². The van der Waals surface area contributed by atoms with Crippen molar-refractivity contribution < 1.29 is 33.6 Å². The van der Waals surface area contributed by atoms with Gasteiger partial charge in [-0.05, 0) is 50.4 Å². The van der Waals surface area contributed by atoms with Gasteiger partial charge in [-0.1, -0.05) is 36.4 Å². The van der Waals surface area contributed by atoms with E-state index in [9.17, 15) is 20.0 Å². The van der Waals surface area contributed by atoms with Gasteiger partial charge in [0.15, 0.2) is 23.0 Å². The molecule has 2 N–H and O–H groups in total. The second kappa shape index (κ2) is 11.8. The first kappa shape index (κ1) is 30.8. The quantitative estimate of drug-likeness (QED) is 0.303. The number of nitrogens with one attached hydrogen (secondary N) is 1. The minimum Gasteiger partial charge on any atom is -0.504 e. The average Bonchev–Trinajstić information content (AvgIpc) is 3.53. The number of phenols is 1. The Morgan fingerprint density at radius 1 is 1.09 bits per heavy atom. The number of piperazine rings is 1. The first-order chi connectivity index (χ1) is 22.6. The van der Waals surface area contributed by atoms with Gasteiger partial charge in [-0.2, -0.15) is 5.26 Å². The molecular formula is C36H38N4O7. The van der Waals surface area contributed by atoms with Crippen LogP contribution in [0.1, 0.15) is 58.0 Å². The van der Waals surface area contributed by atoms with Gasteiger partial charge >= 0.3 is 5.97 Å². The number of fused-ring (bicyclic) bond motifs is 9. The van der Waals surface area contributed by atoms with E-state index < -0.39 is 18.1 Å². The first-order valence-electron chi connectivity index (χ1n) is 15.9. The zero-order valence-electron chi connectivity index (χ0n) is 27.1. The second-order valence-corrected chi connectivity index (χ2v) is 12.8. The number of likely N-dealkylation sites (N-methyl/N-ethyl adjacent to an activating group) is 1. The van der Waals surface area contributed by atoms with E-state index in [0.29, 0.717) is 41.4 Å². The highest BCUT2D eigenvalue weighted by atomic mass is 16.7. The van der Waals surface area contributed by atoms with Crippen molar-refractivity contribution in [1.29, 1.82) is 5.26 Å². The maximum absolute atomic E-state index is 13.4. The lowest BCUT2D eigenvalue weighted by Crippen LogP contribution is -2.68. The Morgan fingerprint density at radius 3 is 2.53 bits per heavy atom. The van der Waals surface area contributed by atoms with E-state index in [-0.39, 0.29) is 49.5 Å². The number of ether oxygens (including phenoxy) is 4. The maximum Gasteiger partial charge on any atom is 0.308 e. The molecule has 7 rings (SSSR count). The number of hydrogen-bond donors (Lipinski definition) is 2. The zero-order chi connectivity index (χ0) is 33.1. The molecule has 11 heteroatoms. The largest absolute Gasteiger partial charge is 0.504 e. The highest BCUT2D eigenvalue weighted by Gasteiger charge is 2.56. The summed E-state index contributed by atoms with van der Waals surface area (Å²) in [5.74, 6) is 1.31. The number of aryl methyl sites for hydroxylation is 1. The summed E-state index contributed by atoms with van der Waals surface area (Å²) >= 11 is 0. The number of rotatable bonds is 6. The molecule has 3 unspecified atom stereocenters. The van der Waals surface area contributed by atoms with Gasteiger partial charge < -0.3 is 29.4 Å². The number of carbonyl (C=O) groups excluding carboxylic acids is 2. The summed E-state index contributed by atoms with van der Waals surface area (Å²) < 4.78 is 23.6. The van der Waals surface area contributed by atoms with E-state index in [1.165, 1.54) is 6.92 Å². The third-order valence-electron chi connectivity index (χ3n) is 10.2. The number of benzene rings is 3. The molecule has 0 radical (unpaired) electrons. The standard InChI is InChI=1S/C36H38N4O7/c1-18-11-22-13-24-26(15-37)40-25(31(39(24)4)29(22)32(43)33(18)44-5)14-23-30(27(40)16-38-28(42)12-21-9-7-6-8-10-21)36-35(45-17-46-36)19(2)34(23)47-20(3)41/h6-11,24-27,31,43H,12-14,16-17H2,1-5H3,(H,38,42)/t24?,25?,26-,27-,31?/m0/s1. The van der Waals surface area contributed by atoms with Crippen LogP contribution in [0.25, 0.3) is 0 Å². The number of methoxy groups -OCH3 is 1. The molecule has 4 heterocycles. The predicted molar refractivity (Wildman–Crippen MR) is 171 cm³/mol. The minimum atomic E-state index is -0.570. The monoisotopic (exact) mass is 638 g/mol. The number of hydrogen-bond acceptors (Lipinski definition) is 10. The Labute approximate surface area is 273 Å². The van der Waals surface area contributed by atoms with Gasteiger partial charge in [-0.3, -0.25) is 19.4 Å². The summed E-state index contributed by atoms with van der Waals surface area (Å²) in [4.78, 5) is 30.2. The Morgan fingerprint density at radius 2 is 1.83 bits per heavy atom. The summed E-state index contributed by atoms with van der Waals surface area (Å²) in [7, 11) is 3.54. The van der Waals surface area contributed by atoms with Crippen molar-refractivity contribution in [2.24, 2.45) is 0 Å². The Hall–Kier alpha value is -4.79. The van der Waals surface area contributed by atoms with Crippen molar-refractivity contribution in [1.82, 2.24) is 15.1 Å². The van der Waals surface area contributed by atoms with Crippen molar-refractivity contribution in [3.8, 4) is 34.8 Å². The Bertz CT molecular complexity index is 1820. The lowest BCUT2D eigenvalue weighted by atomic mass is 9.71. The molecular weight excluding hydrogens is 600 g/mol. The van der Waals surface area contributed by atoms with Gasteiger partial charge in [0.2, 0.25) is 12.7 Å². The molecule has 5 atom stereocenters. The zero-order valence-corrected chi connectivity index (χ0v) is 27.1. The molecule has 0 saturated carbocycles. The molecule has 47 heavy (non-hydrogen) atoms. The van der Waals surface area contributed by atoms with E-state index in [1.54, 1.807) is 7.11 Å². The number of phenolic OH excluding ortho intramolecular Hbond substituents is 1. The molecule has 0 spiro atoms. The third kappa shape index (κ3) is 4.86. The fourth-order valence-corrected chi connectivity index (χ4v) is 8.37. The van der Waals surface area contributed by atoms with Crippen LogP contribution in [0, 0.1) is 25.2 Å². The van der Waals surface area contributed by atoms with Crippen LogP contribution in [-0.2, 0) is 28.9 Å². The summed E-state index contributed by atoms with van der Waals surface area (Å²) in [5, 5.41) is 25.7. The van der Waals surface area contributed by atoms with Crippen LogP contribution in [0.5, 0.6) is 28.7 Å². The lowest BCUT2D eigenvalue weighted by molar-refractivity contribution is -0.132. The maximum atomic E-state index is 13.4. The van der Waals surface area contributed by atoms with Crippen molar-refractivity contribution in [3.63, 3.8) is 0 Å². The van der Waals surface area contributed by atoms with Gasteiger partial charge in [0.25, 0.3) is 0 Å². The molecule has 3 aromatic carbocycles. The molecule has 3 aromatic rings. The Kier molecular flexibility index (Phi) is 7.73. The van der Waals surface area contributed by atoms with E-state index >= 15 is 0 Å². The molecule has 4 aliphatic rings. The molecule has 11 nitrogen and oxygen atoms in total. The molecule has 2 bridgehead atoms. The van der Waals surface area contributed by atoms with Gasteiger partial charge in [0.05, 0.1) is 31.7 Å². The summed E-state index contributed by atoms with van der Waals surface area (Å²) in [6, 6.07) is 12.2. The first-order valence-corrected chi connectivity index (χ1v) is 15.9. The number of aromatic hydroxyl groups is 1. The molecule has 1 amide bonds. The summed E-state index contributed by atoms with van der Waals surface area (Å²) in [5.41, 5.74) is 5.61. The normalized spacial score (nSPS) is 24.0. The van der Waals surface area contributed by atoms with Gasteiger partial charge in [0.1, 0.15) is 11.8 Å². The SMILES string of the molecule is COc1c(C)cc2c(c1O)C1C3Cc4c(OC(C)=O)c(C)c5c(c4[C@H](CNC(=O)Cc4ccccc4)N3[C@@H](C#N)C(C2)N1C)OCO5. The van der Waals surface area contributed by atoms with Crippen LogP contribution < -0.4 is 24.3 Å². The van der Waals surface area contributed by atoms with E-state index in [0.717, 1.165) is 33.4 Å². The van der Waals surface area contributed by atoms with Crippen molar-refractivity contribution >= 4 is 11.9 Å². The molecule has 1 fully saturated rings. The van der Waals surface area contributed by atoms with E-state index in [4.69, 9.17) is 18.9 Å². The van der Waals surface area contributed by atoms with Crippen LogP contribution in [0.2, 0.25) is 0 Å². The van der Waals surface area contributed by atoms with Crippen LogP contribution in [0.4, 0.5) is 0 Å². The third-order valence-corrected chi connectivity index (χ3v) is 10.2. The van der Waals surface area contributed by atoms with Crippen LogP contribution in [0.15, 0.2) is 36.4 Å². The van der Waals surface area contributed by atoms with E-state index in [1.807, 2.05) is 51.2 Å². The van der Waals surface area contributed by atoms with Crippen molar-refractivity contribution in [3.05, 3.63) is 75.3 Å². The molecule has 1 saturated heterocycles. The minimum absolute atomic E-state index is 0.00128. The fraction of sp³-hybridized carbons (Fsp3) is 0.417. The second-order valence-electron chi connectivity index (χ2n) is 12.8. The fourth-order valence-electron chi connectivity index (χ4n) is 8.37. The van der Waals surface area contributed by atoms with Gasteiger partial charge in [0, 0.05) is 47.8 Å². The van der Waals surface area contributed by atoms with Crippen LogP contribution >= 0.6 is 0 Å². The summed E-state index contributed by atoms with van der Waals surface area (Å²) in [6.45, 7) is 5.28. The Balaban J connectivity index is 1.41. The predicted octanol–water partition coefficient (Wildman–Crippen LogP) is 3.80. The van der Waals surface area contributed by atoms with Gasteiger partial charge in [-0.25, -0.2) is 0 Å². The molecule has 0 aliphatic carbocycles. The smallest absolute Gasteiger partial charge is 0.308 e. The summed E-state index contributed by atoms with van der Waals surface area (Å²) in [6.07, 6.45) is 1.13. The van der Waals surface area contributed by atoms with Gasteiger partial charge in [-0.15, -0.1) is 0 Å². The van der Waals surface area contributed by atoms with E-state index in [2.05, 4.69) is 27.3 Å². The molecule has 244 valence electrons. The number of nitriles is 1. The van der Waals surface area contributed by atoms with Crippen molar-refractivity contribution in [2.45, 2.75) is 70.2 Å². The number of amides is 1. The molecule has 0 aromatic heterocycles. The molecule has 4 aliphatic heterocycles. The number of carbonyl (C=O) groups is 2.